The molecule has 0 aliphatic heterocycles. The van der Waals surface area contributed by atoms with Gasteiger partial charge >= 0.3 is 0 Å². The van der Waals surface area contributed by atoms with Crippen LogP contribution in [-0.4, -0.2) is 22.4 Å². The molecule has 5 nitrogen and oxygen atoms in total. The number of aromatic nitrogens is 2. The van der Waals surface area contributed by atoms with Crippen LogP contribution in [0.15, 0.2) is 53.8 Å². The second-order valence-corrected chi connectivity index (χ2v) is 4.74. The Morgan fingerprint density at radius 3 is 2.75 bits per heavy atom. The standard InChI is InChI=1S/C14H13BrN4O/c1-2-7-16-14(20)12-8-18-13(9-17-12)19-11-6-4-3-5-10(11)15/h2-6,8-9H,1,7H2,(H,16,20)(H,18,19). The van der Waals surface area contributed by atoms with Crippen molar-refractivity contribution < 1.29 is 4.79 Å². The van der Waals surface area contributed by atoms with Gasteiger partial charge in [0.25, 0.3) is 5.91 Å². The van der Waals surface area contributed by atoms with Gasteiger partial charge in [-0.25, -0.2) is 9.97 Å². The molecule has 6 heteroatoms. The van der Waals surface area contributed by atoms with Gasteiger partial charge < -0.3 is 10.6 Å². The van der Waals surface area contributed by atoms with Crippen molar-refractivity contribution in [3.8, 4) is 0 Å². The summed E-state index contributed by atoms with van der Waals surface area (Å²) in [5.74, 6) is 0.294. The van der Waals surface area contributed by atoms with Crippen molar-refractivity contribution in [1.29, 1.82) is 0 Å². The average Bonchev–Trinajstić information content (AvgIpc) is 2.48. The lowest BCUT2D eigenvalue weighted by Gasteiger charge is -2.07. The highest BCUT2D eigenvalue weighted by molar-refractivity contribution is 9.10. The van der Waals surface area contributed by atoms with Crippen LogP contribution in [0.3, 0.4) is 0 Å². The molecule has 0 radical (unpaired) electrons. The number of hydrogen-bond donors (Lipinski definition) is 2. The highest BCUT2D eigenvalue weighted by atomic mass is 79.9. The monoisotopic (exact) mass is 332 g/mol. The van der Waals surface area contributed by atoms with Crippen molar-refractivity contribution in [3.63, 3.8) is 0 Å². The molecule has 0 fully saturated rings. The van der Waals surface area contributed by atoms with Gasteiger partial charge in [0.15, 0.2) is 0 Å². The van der Waals surface area contributed by atoms with E-state index in [1.165, 1.54) is 12.4 Å². The van der Waals surface area contributed by atoms with Gasteiger partial charge in [-0.05, 0) is 28.1 Å². The van der Waals surface area contributed by atoms with Gasteiger partial charge in [-0.15, -0.1) is 6.58 Å². The van der Waals surface area contributed by atoms with Crippen LogP contribution < -0.4 is 10.6 Å². The molecule has 0 bridgehead atoms. The summed E-state index contributed by atoms with van der Waals surface area (Å²) in [7, 11) is 0. The van der Waals surface area contributed by atoms with Gasteiger partial charge in [0, 0.05) is 11.0 Å². The summed E-state index contributed by atoms with van der Waals surface area (Å²) in [6.45, 7) is 3.93. The Hall–Kier alpha value is -2.21. The fourth-order valence-corrected chi connectivity index (χ4v) is 1.85. The van der Waals surface area contributed by atoms with Crippen LogP contribution in [0, 0.1) is 0 Å². The van der Waals surface area contributed by atoms with Crippen molar-refractivity contribution in [3.05, 3.63) is 59.5 Å². The van der Waals surface area contributed by atoms with Gasteiger partial charge in [-0.1, -0.05) is 18.2 Å². The molecule has 1 amide bonds. The second-order valence-electron chi connectivity index (χ2n) is 3.89. The predicted molar refractivity (Wildman–Crippen MR) is 82.0 cm³/mol. The van der Waals surface area contributed by atoms with Crippen LogP contribution in [-0.2, 0) is 0 Å². The van der Waals surface area contributed by atoms with E-state index in [1.54, 1.807) is 6.08 Å². The van der Waals surface area contributed by atoms with Gasteiger partial charge in [0.05, 0.1) is 18.1 Å². The molecule has 2 aromatic rings. The third-order valence-electron chi connectivity index (χ3n) is 2.43. The maximum Gasteiger partial charge on any atom is 0.271 e. The Kier molecular flexibility index (Phi) is 4.84. The maximum atomic E-state index is 11.6. The van der Waals surface area contributed by atoms with Crippen LogP contribution >= 0.6 is 15.9 Å². The molecule has 2 N–H and O–H groups in total. The maximum absolute atomic E-state index is 11.6. The lowest BCUT2D eigenvalue weighted by molar-refractivity contribution is 0.0952. The summed E-state index contributed by atoms with van der Waals surface area (Å²) < 4.78 is 0.926. The molecular weight excluding hydrogens is 320 g/mol. The summed E-state index contributed by atoms with van der Waals surface area (Å²) in [5.41, 5.74) is 1.15. The van der Waals surface area contributed by atoms with Gasteiger partial charge in [0.2, 0.25) is 0 Å². The number of benzene rings is 1. The van der Waals surface area contributed by atoms with E-state index in [-0.39, 0.29) is 11.6 Å². The van der Waals surface area contributed by atoms with Gasteiger partial charge in [-0.2, -0.15) is 0 Å². The Balaban J connectivity index is 2.07. The SMILES string of the molecule is C=CCNC(=O)c1cnc(Nc2ccccc2Br)cn1. The van der Waals surface area contributed by atoms with E-state index < -0.39 is 0 Å². The Bertz CT molecular complexity index is 613. The molecule has 0 atom stereocenters. The molecule has 0 saturated heterocycles. The van der Waals surface area contributed by atoms with E-state index in [1.807, 2.05) is 24.3 Å². The molecule has 20 heavy (non-hydrogen) atoms. The number of amides is 1. The quantitative estimate of drug-likeness (QED) is 0.826. The fourth-order valence-electron chi connectivity index (χ4n) is 1.47. The first-order valence-electron chi connectivity index (χ1n) is 5.93. The van der Waals surface area contributed by atoms with E-state index in [9.17, 15) is 4.79 Å². The molecule has 0 aliphatic rings. The average molecular weight is 333 g/mol. The largest absolute Gasteiger partial charge is 0.347 e. The van der Waals surface area contributed by atoms with Crippen LogP contribution in [0.25, 0.3) is 0 Å². The van der Waals surface area contributed by atoms with Crippen molar-refractivity contribution >= 4 is 33.3 Å². The molecule has 2 rings (SSSR count). The summed E-state index contributed by atoms with van der Waals surface area (Å²) in [4.78, 5) is 19.9. The lowest BCUT2D eigenvalue weighted by atomic mass is 10.3. The summed E-state index contributed by atoms with van der Waals surface area (Å²) in [5, 5.41) is 5.75. The normalized spacial score (nSPS) is 9.85. The number of hydrogen-bond acceptors (Lipinski definition) is 4. The molecular formula is C14H13BrN4O. The van der Waals surface area contributed by atoms with Gasteiger partial charge in [0.1, 0.15) is 11.5 Å². The number of carbonyl (C=O) groups is 1. The number of para-hydroxylation sites is 1. The van der Waals surface area contributed by atoms with E-state index >= 15 is 0 Å². The minimum Gasteiger partial charge on any atom is -0.347 e. The van der Waals surface area contributed by atoms with Crippen LogP contribution in [0.2, 0.25) is 0 Å². The molecule has 1 heterocycles. The number of halogens is 1. The molecule has 0 unspecified atom stereocenters. The fraction of sp³-hybridized carbons (Fsp3) is 0.0714. The zero-order valence-corrected chi connectivity index (χ0v) is 12.2. The van der Waals surface area contributed by atoms with Crippen molar-refractivity contribution in [2.75, 3.05) is 11.9 Å². The number of nitrogens with zero attached hydrogens (tertiary/aromatic N) is 2. The topological polar surface area (TPSA) is 66.9 Å². The van der Waals surface area contributed by atoms with E-state index in [0.717, 1.165) is 10.2 Å². The number of nitrogens with one attached hydrogen (secondary N) is 2. The molecule has 0 aliphatic carbocycles. The molecule has 0 spiro atoms. The van der Waals surface area contributed by atoms with Crippen molar-refractivity contribution in [1.82, 2.24) is 15.3 Å². The highest BCUT2D eigenvalue weighted by Crippen LogP contribution is 2.23. The third kappa shape index (κ3) is 3.64. The zero-order chi connectivity index (χ0) is 14.4. The van der Waals surface area contributed by atoms with E-state index in [2.05, 4.69) is 43.1 Å². The molecule has 1 aromatic carbocycles. The summed E-state index contributed by atoms with van der Waals surface area (Å²) in [6, 6.07) is 7.68. The van der Waals surface area contributed by atoms with E-state index in [4.69, 9.17) is 0 Å². The Morgan fingerprint density at radius 2 is 2.10 bits per heavy atom. The van der Waals surface area contributed by atoms with Gasteiger partial charge in [-0.3, -0.25) is 4.79 Å². The van der Waals surface area contributed by atoms with Crippen LogP contribution in [0.1, 0.15) is 10.5 Å². The number of rotatable bonds is 5. The summed E-state index contributed by atoms with van der Waals surface area (Å²) >= 11 is 3.44. The smallest absolute Gasteiger partial charge is 0.271 e. The zero-order valence-electron chi connectivity index (χ0n) is 10.6. The molecule has 0 saturated carbocycles. The van der Waals surface area contributed by atoms with Crippen molar-refractivity contribution in [2.45, 2.75) is 0 Å². The number of carbonyl (C=O) groups excluding carboxylic acids is 1. The first-order valence-corrected chi connectivity index (χ1v) is 6.72. The number of anilines is 2. The minimum atomic E-state index is -0.273. The molecule has 102 valence electrons. The van der Waals surface area contributed by atoms with Crippen molar-refractivity contribution in [2.24, 2.45) is 0 Å². The minimum absolute atomic E-state index is 0.268. The highest BCUT2D eigenvalue weighted by Gasteiger charge is 2.07. The Labute approximate surface area is 125 Å². The van der Waals surface area contributed by atoms with Crippen LogP contribution in [0.4, 0.5) is 11.5 Å². The van der Waals surface area contributed by atoms with E-state index in [0.29, 0.717) is 12.4 Å². The third-order valence-corrected chi connectivity index (χ3v) is 3.12. The predicted octanol–water partition coefficient (Wildman–Crippen LogP) is 2.90. The lowest BCUT2D eigenvalue weighted by Crippen LogP contribution is -2.24. The second kappa shape index (κ2) is 6.81. The first kappa shape index (κ1) is 14.2. The first-order chi connectivity index (χ1) is 9.70. The molecule has 1 aromatic heterocycles. The van der Waals surface area contributed by atoms with Crippen LogP contribution in [0.5, 0.6) is 0 Å². The Morgan fingerprint density at radius 1 is 1.30 bits per heavy atom. The summed E-state index contributed by atoms with van der Waals surface area (Å²) in [6.07, 6.45) is 4.55.